The van der Waals surface area contributed by atoms with Crippen LogP contribution in [0.1, 0.15) is 10.4 Å². The van der Waals surface area contributed by atoms with E-state index < -0.39 is 11.7 Å². The molecule has 0 N–H and O–H groups in total. The minimum atomic E-state index is -0.635. The zero-order chi connectivity index (χ0) is 12.3. The van der Waals surface area contributed by atoms with Crippen molar-refractivity contribution in [3.63, 3.8) is 0 Å². The average molecular weight is 242 g/mol. The van der Waals surface area contributed by atoms with E-state index >= 15 is 0 Å². The maximum absolute atomic E-state index is 11.8. The highest BCUT2D eigenvalue weighted by atomic mass is 35.5. The molecule has 1 rings (SSSR count). The molecule has 0 aliphatic carbocycles. The zero-order valence-corrected chi connectivity index (χ0v) is 10.0. The van der Waals surface area contributed by atoms with Gasteiger partial charge in [0.25, 0.3) is 11.7 Å². The summed E-state index contributed by atoms with van der Waals surface area (Å²) >= 11 is 5.77. The van der Waals surface area contributed by atoms with Crippen LogP contribution in [0.4, 0.5) is 0 Å². The fourth-order valence-corrected chi connectivity index (χ4v) is 1.35. The average Bonchev–Trinajstić information content (AvgIpc) is 2.26. The Morgan fingerprint density at radius 3 is 2.44 bits per heavy atom. The lowest BCUT2D eigenvalue weighted by molar-refractivity contribution is -0.124. The van der Waals surface area contributed by atoms with Gasteiger partial charge in [-0.2, -0.15) is 0 Å². The molecule has 0 aliphatic rings. The van der Waals surface area contributed by atoms with E-state index in [0.29, 0.717) is 10.8 Å². The number of amides is 1. The van der Waals surface area contributed by atoms with Gasteiger partial charge in [-0.05, 0) is 18.2 Å². The van der Waals surface area contributed by atoms with Crippen molar-refractivity contribution in [2.75, 3.05) is 21.2 Å². The second kappa shape index (κ2) is 4.99. The lowest BCUT2D eigenvalue weighted by atomic mass is 10.1. The molecule has 0 saturated heterocycles. The first kappa shape index (κ1) is 12.5. The van der Waals surface area contributed by atoms with Crippen LogP contribution >= 0.6 is 11.6 Å². The van der Waals surface area contributed by atoms with E-state index in [-0.39, 0.29) is 5.56 Å². The van der Waals surface area contributed by atoms with Gasteiger partial charge in [-0.3, -0.25) is 9.59 Å². The molecule has 0 radical (unpaired) electrons. The van der Waals surface area contributed by atoms with Gasteiger partial charge in [0.05, 0.1) is 12.7 Å². The summed E-state index contributed by atoms with van der Waals surface area (Å²) in [6.07, 6.45) is 0. The third-order valence-corrected chi connectivity index (χ3v) is 2.24. The number of methoxy groups -OCH3 is 1. The van der Waals surface area contributed by atoms with Crippen molar-refractivity contribution in [2.24, 2.45) is 0 Å². The van der Waals surface area contributed by atoms with E-state index in [1.165, 1.54) is 32.2 Å². The molecule has 1 amide bonds. The van der Waals surface area contributed by atoms with Crippen LogP contribution in [-0.2, 0) is 4.79 Å². The molecular formula is C11H12ClNO3. The van der Waals surface area contributed by atoms with Gasteiger partial charge in [-0.25, -0.2) is 0 Å². The monoisotopic (exact) mass is 241 g/mol. The van der Waals surface area contributed by atoms with Crippen LogP contribution in [0, 0.1) is 0 Å². The second-order valence-electron chi connectivity index (χ2n) is 3.37. The summed E-state index contributed by atoms with van der Waals surface area (Å²) in [4.78, 5) is 24.5. The topological polar surface area (TPSA) is 46.6 Å². The molecule has 0 aliphatic heterocycles. The SMILES string of the molecule is COc1ccc(Cl)cc1C(=O)C(=O)N(C)C. The third-order valence-electron chi connectivity index (χ3n) is 2.01. The number of hydrogen-bond acceptors (Lipinski definition) is 3. The highest BCUT2D eigenvalue weighted by Crippen LogP contribution is 2.23. The molecule has 0 unspecified atom stereocenters. The van der Waals surface area contributed by atoms with Gasteiger partial charge in [-0.15, -0.1) is 0 Å². The minimum Gasteiger partial charge on any atom is -0.496 e. The lowest BCUT2D eigenvalue weighted by Crippen LogP contribution is -2.30. The summed E-state index contributed by atoms with van der Waals surface area (Å²) in [6.45, 7) is 0. The molecule has 86 valence electrons. The smallest absolute Gasteiger partial charge is 0.294 e. The Bertz CT molecular complexity index is 429. The second-order valence-corrected chi connectivity index (χ2v) is 3.81. The largest absolute Gasteiger partial charge is 0.496 e. The number of carbonyl (C=O) groups is 2. The van der Waals surface area contributed by atoms with Crippen LogP contribution in [0.5, 0.6) is 5.75 Å². The Balaban J connectivity index is 3.16. The first-order valence-electron chi connectivity index (χ1n) is 4.57. The molecule has 0 saturated carbocycles. The number of ketones is 1. The van der Waals surface area contributed by atoms with Crippen molar-refractivity contribution in [1.29, 1.82) is 0 Å². The normalized spacial score (nSPS) is 9.75. The standard InChI is InChI=1S/C11H12ClNO3/c1-13(2)11(15)10(14)8-6-7(12)4-5-9(8)16-3/h4-6H,1-3H3. The molecule has 0 atom stereocenters. The summed E-state index contributed by atoms with van der Waals surface area (Å²) in [5.74, 6) is -0.908. The summed E-state index contributed by atoms with van der Waals surface area (Å²) < 4.78 is 5.00. The lowest BCUT2D eigenvalue weighted by Gasteiger charge is -2.11. The predicted molar refractivity (Wildman–Crippen MR) is 61.0 cm³/mol. The van der Waals surface area contributed by atoms with Gasteiger partial charge in [0.2, 0.25) is 0 Å². The van der Waals surface area contributed by atoms with Gasteiger partial charge in [-0.1, -0.05) is 11.6 Å². The summed E-state index contributed by atoms with van der Waals surface area (Å²) in [7, 11) is 4.45. The van der Waals surface area contributed by atoms with Crippen LogP contribution < -0.4 is 4.74 Å². The summed E-state index contributed by atoms with van der Waals surface area (Å²) in [6, 6.07) is 4.57. The van der Waals surface area contributed by atoms with Crippen LogP contribution in [0.25, 0.3) is 0 Å². The van der Waals surface area contributed by atoms with Gasteiger partial charge < -0.3 is 9.64 Å². The molecule has 0 spiro atoms. The Morgan fingerprint density at radius 1 is 1.31 bits per heavy atom. The van der Waals surface area contributed by atoms with Crippen molar-refractivity contribution < 1.29 is 14.3 Å². The van der Waals surface area contributed by atoms with E-state index in [4.69, 9.17) is 16.3 Å². The van der Waals surface area contributed by atoms with Gasteiger partial charge in [0.1, 0.15) is 5.75 Å². The van der Waals surface area contributed by atoms with Crippen molar-refractivity contribution in [3.05, 3.63) is 28.8 Å². The number of likely N-dealkylation sites (N-methyl/N-ethyl adjacent to an activating group) is 1. The van der Waals surface area contributed by atoms with E-state index in [0.717, 1.165) is 0 Å². The van der Waals surface area contributed by atoms with E-state index in [2.05, 4.69) is 0 Å². The molecule has 16 heavy (non-hydrogen) atoms. The molecular weight excluding hydrogens is 230 g/mol. The summed E-state index contributed by atoms with van der Waals surface area (Å²) in [5, 5.41) is 0.385. The Labute approximate surface area is 98.8 Å². The quantitative estimate of drug-likeness (QED) is 0.597. The zero-order valence-electron chi connectivity index (χ0n) is 9.28. The number of carbonyl (C=O) groups excluding carboxylic acids is 2. The van der Waals surface area contributed by atoms with Crippen LogP contribution in [0.3, 0.4) is 0 Å². The number of Topliss-reactive ketones (excluding diaryl/α,β-unsaturated/α-hetero) is 1. The highest BCUT2D eigenvalue weighted by Gasteiger charge is 2.21. The minimum absolute atomic E-state index is 0.175. The Hall–Kier alpha value is -1.55. The Kier molecular flexibility index (Phi) is 3.90. The third kappa shape index (κ3) is 2.52. The molecule has 1 aromatic carbocycles. The van der Waals surface area contributed by atoms with E-state index in [1.807, 2.05) is 0 Å². The van der Waals surface area contributed by atoms with Gasteiger partial charge in [0, 0.05) is 19.1 Å². The number of rotatable bonds is 3. The predicted octanol–water partition coefficient (Wildman–Crippen LogP) is 1.62. The number of halogens is 1. The van der Waals surface area contributed by atoms with Crippen LogP contribution in [-0.4, -0.2) is 37.8 Å². The van der Waals surface area contributed by atoms with Crippen molar-refractivity contribution in [2.45, 2.75) is 0 Å². The van der Waals surface area contributed by atoms with Crippen molar-refractivity contribution in [1.82, 2.24) is 4.90 Å². The number of ether oxygens (including phenoxy) is 1. The van der Waals surface area contributed by atoms with Crippen LogP contribution in [0.15, 0.2) is 18.2 Å². The number of nitrogens with zero attached hydrogens (tertiary/aromatic N) is 1. The number of hydrogen-bond donors (Lipinski definition) is 0. The molecule has 0 bridgehead atoms. The van der Waals surface area contributed by atoms with Crippen LogP contribution in [0.2, 0.25) is 5.02 Å². The first-order chi connectivity index (χ1) is 7.47. The van der Waals surface area contributed by atoms with E-state index in [9.17, 15) is 9.59 Å². The number of benzene rings is 1. The molecule has 1 aromatic rings. The Morgan fingerprint density at radius 2 is 1.94 bits per heavy atom. The molecule has 5 heteroatoms. The van der Waals surface area contributed by atoms with Gasteiger partial charge in [0.15, 0.2) is 0 Å². The fraction of sp³-hybridized carbons (Fsp3) is 0.273. The van der Waals surface area contributed by atoms with E-state index in [1.54, 1.807) is 12.1 Å². The molecule has 4 nitrogen and oxygen atoms in total. The summed E-state index contributed by atoms with van der Waals surface area (Å²) in [5.41, 5.74) is 0.175. The highest BCUT2D eigenvalue weighted by molar-refractivity contribution is 6.43. The van der Waals surface area contributed by atoms with Crippen molar-refractivity contribution in [3.8, 4) is 5.75 Å². The fourth-order valence-electron chi connectivity index (χ4n) is 1.18. The molecule has 0 fully saturated rings. The maximum Gasteiger partial charge on any atom is 0.294 e. The molecule has 0 aromatic heterocycles. The molecule has 0 heterocycles. The van der Waals surface area contributed by atoms with Crippen molar-refractivity contribution >= 4 is 23.3 Å². The maximum atomic E-state index is 11.8. The van der Waals surface area contributed by atoms with Gasteiger partial charge >= 0.3 is 0 Å². The first-order valence-corrected chi connectivity index (χ1v) is 4.94.